The predicted octanol–water partition coefficient (Wildman–Crippen LogP) is 1.57. The van der Waals surface area contributed by atoms with Crippen molar-refractivity contribution in [1.82, 2.24) is 0 Å². The van der Waals surface area contributed by atoms with Crippen molar-refractivity contribution in [3.05, 3.63) is 71.8 Å². The number of aliphatic carboxylic acids is 1. The number of carbonyl (C=O) groups excluding carboxylic acids is 2. The molecule has 0 saturated heterocycles. The smallest absolute Gasteiger partial charge is 0.323 e. The van der Waals surface area contributed by atoms with Gasteiger partial charge < -0.3 is 20.4 Å². The fourth-order valence-corrected chi connectivity index (χ4v) is 2.37. The van der Waals surface area contributed by atoms with Crippen molar-refractivity contribution in [2.75, 3.05) is 0 Å². The van der Waals surface area contributed by atoms with Gasteiger partial charge >= 0.3 is 5.97 Å². The van der Waals surface area contributed by atoms with Crippen LogP contribution in [0, 0.1) is 0 Å². The van der Waals surface area contributed by atoms with Gasteiger partial charge in [-0.2, -0.15) is 0 Å². The molecule has 0 unspecified atom stereocenters. The van der Waals surface area contributed by atoms with E-state index >= 15 is 0 Å². The highest BCUT2D eigenvalue weighted by atomic mass is 16.5. The molecule has 0 spiro atoms. The highest BCUT2D eigenvalue weighted by Gasteiger charge is 2.22. The maximum absolute atomic E-state index is 12.3. The van der Waals surface area contributed by atoms with E-state index in [1.54, 1.807) is 0 Å². The Morgan fingerprint density at radius 3 is 1.92 bits per heavy atom. The molecule has 2 aromatic rings. The minimum absolute atomic E-state index is 0.123. The first-order valence-electron chi connectivity index (χ1n) is 7.83. The zero-order valence-corrected chi connectivity index (χ0v) is 13.3. The van der Waals surface area contributed by atoms with Crippen LogP contribution >= 0.6 is 0 Å². The molecule has 0 saturated carbocycles. The lowest BCUT2D eigenvalue weighted by atomic mass is 10.0. The van der Waals surface area contributed by atoms with Crippen LogP contribution in [0.3, 0.4) is 0 Å². The Hall–Kier alpha value is -2.66. The lowest BCUT2D eigenvalue weighted by molar-refractivity contribution is -0.305. The van der Waals surface area contributed by atoms with Crippen LogP contribution in [0.4, 0.5) is 0 Å². The van der Waals surface area contributed by atoms with Crippen LogP contribution in [0.25, 0.3) is 0 Å². The number of carbonyl (C=O) groups is 2. The molecule has 24 heavy (non-hydrogen) atoms. The molecule has 2 aromatic carbocycles. The van der Waals surface area contributed by atoms with E-state index in [0.29, 0.717) is 0 Å². The summed E-state index contributed by atoms with van der Waals surface area (Å²) in [6, 6.07) is 17.9. The van der Waals surface area contributed by atoms with Crippen LogP contribution in [0.5, 0.6) is 0 Å². The van der Waals surface area contributed by atoms with Crippen molar-refractivity contribution >= 4 is 11.9 Å². The molecule has 0 fully saturated rings. The number of hydrogen-bond acceptors (Lipinski definition) is 5. The quantitative estimate of drug-likeness (QED) is 0.743. The molecule has 5 nitrogen and oxygen atoms in total. The van der Waals surface area contributed by atoms with Gasteiger partial charge in [-0.15, -0.1) is 0 Å². The molecule has 5 heteroatoms. The average molecular weight is 326 g/mol. The van der Waals surface area contributed by atoms with Gasteiger partial charge in [-0.1, -0.05) is 60.7 Å². The molecule has 0 aromatic heterocycles. The van der Waals surface area contributed by atoms with E-state index < -0.39 is 24.1 Å². The third kappa shape index (κ3) is 5.21. The van der Waals surface area contributed by atoms with Gasteiger partial charge in [0, 0.05) is 5.97 Å². The van der Waals surface area contributed by atoms with Crippen molar-refractivity contribution in [2.24, 2.45) is 5.73 Å². The third-order valence-electron chi connectivity index (χ3n) is 3.64. The van der Waals surface area contributed by atoms with Gasteiger partial charge in [0.05, 0.1) is 0 Å². The molecule has 0 amide bonds. The van der Waals surface area contributed by atoms with E-state index in [9.17, 15) is 14.7 Å². The monoisotopic (exact) mass is 326 g/mol. The summed E-state index contributed by atoms with van der Waals surface area (Å²) in [5, 5.41) is 10.4. The first-order chi connectivity index (χ1) is 11.6. The molecule has 0 heterocycles. The number of ether oxygens (including phenoxy) is 1. The fourth-order valence-electron chi connectivity index (χ4n) is 2.37. The van der Waals surface area contributed by atoms with Crippen LogP contribution in [-0.4, -0.2) is 18.0 Å². The molecular weight excluding hydrogens is 306 g/mol. The SMILES string of the molecule is N[C@@H](CCCC(=O)[O-])C(=O)OC(c1ccccc1)c1ccccc1. The second kappa shape index (κ2) is 8.84. The third-order valence-corrected chi connectivity index (χ3v) is 3.64. The summed E-state index contributed by atoms with van der Waals surface area (Å²) < 4.78 is 5.61. The van der Waals surface area contributed by atoms with Gasteiger partial charge in [-0.05, 0) is 30.4 Å². The molecule has 0 bridgehead atoms. The summed E-state index contributed by atoms with van der Waals surface area (Å²) in [6.45, 7) is 0. The number of hydrogen-bond donors (Lipinski definition) is 1. The predicted molar refractivity (Wildman–Crippen MR) is 87.7 cm³/mol. The molecule has 0 aliphatic heterocycles. The Kier molecular flexibility index (Phi) is 6.51. The second-order valence-corrected chi connectivity index (χ2v) is 5.51. The van der Waals surface area contributed by atoms with Gasteiger partial charge in [0.1, 0.15) is 6.04 Å². The molecule has 1 atom stereocenters. The number of esters is 1. The maximum Gasteiger partial charge on any atom is 0.323 e. The highest BCUT2D eigenvalue weighted by molar-refractivity contribution is 5.76. The first kappa shape index (κ1) is 17.7. The summed E-state index contributed by atoms with van der Waals surface area (Å²) in [6.07, 6.45) is -0.155. The second-order valence-electron chi connectivity index (χ2n) is 5.51. The summed E-state index contributed by atoms with van der Waals surface area (Å²) in [5.41, 5.74) is 7.51. The Balaban J connectivity index is 2.08. The minimum atomic E-state index is -1.15. The van der Waals surface area contributed by atoms with Gasteiger partial charge in [-0.25, -0.2) is 0 Å². The largest absolute Gasteiger partial charge is 0.550 e. The standard InChI is InChI=1S/C19H21NO4/c20-16(12-7-13-17(21)22)19(23)24-18(14-8-3-1-4-9-14)15-10-5-2-6-11-15/h1-6,8-11,16,18H,7,12-13,20H2,(H,21,22)/p-1/t16-/m0/s1. The van der Waals surface area contributed by atoms with E-state index in [1.165, 1.54) is 0 Å². The van der Waals surface area contributed by atoms with Crippen molar-refractivity contribution in [1.29, 1.82) is 0 Å². The summed E-state index contributed by atoms with van der Waals surface area (Å²) in [4.78, 5) is 22.7. The Morgan fingerprint density at radius 1 is 0.958 bits per heavy atom. The van der Waals surface area contributed by atoms with E-state index in [4.69, 9.17) is 10.5 Å². The van der Waals surface area contributed by atoms with Crippen molar-refractivity contribution in [3.8, 4) is 0 Å². The van der Waals surface area contributed by atoms with Crippen LogP contribution in [0.1, 0.15) is 36.5 Å². The van der Waals surface area contributed by atoms with Gasteiger partial charge in [0.2, 0.25) is 0 Å². The topological polar surface area (TPSA) is 92.5 Å². The number of benzene rings is 2. The first-order valence-corrected chi connectivity index (χ1v) is 7.83. The van der Waals surface area contributed by atoms with E-state index in [-0.39, 0.29) is 19.3 Å². The molecule has 2 N–H and O–H groups in total. The number of rotatable bonds is 8. The zero-order valence-electron chi connectivity index (χ0n) is 13.3. The van der Waals surface area contributed by atoms with Gasteiger partial charge in [-0.3, -0.25) is 4.79 Å². The van der Waals surface area contributed by atoms with Crippen molar-refractivity contribution in [2.45, 2.75) is 31.4 Å². The Morgan fingerprint density at radius 2 is 1.46 bits per heavy atom. The lowest BCUT2D eigenvalue weighted by Gasteiger charge is -2.21. The van der Waals surface area contributed by atoms with E-state index in [2.05, 4.69) is 0 Å². The molecular formula is C19H20NO4-. The average Bonchev–Trinajstić information content (AvgIpc) is 2.60. The summed E-state index contributed by atoms with van der Waals surface area (Å²) in [5.74, 6) is -1.70. The molecule has 0 aliphatic rings. The molecule has 0 aliphatic carbocycles. The minimum Gasteiger partial charge on any atom is -0.550 e. The maximum atomic E-state index is 12.3. The summed E-state index contributed by atoms with van der Waals surface area (Å²) in [7, 11) is 0. The molecule has 0 radical (unpaired) electrons. The lowest BCUT2D eigenvalue weighted by Crippen LogP contribution is -2.34. The van der Waals surface area contributed by atoms with E-state index in [1.807, 2.05) is 60.7 Å². The van der Waals surface area contributed by atoms with Crippen LogP contribution < -0.4 is 10.8 Å². The number of nitrogens with two attached hydrogens (primary N) is 1. The van der Waals surface area contributed by atoms with Crippen molar-refractivity contribution in [3.63, 3.8) is 0 Å². The van der Waals surface area contributed by atoms with Crippen molar-refractivity contribution < 1.29 is 19.4 Å². The Bertz CT molecular complexity index is 618. The van der Waals surface area contributed by atoms with Crippen LogP contribution in [-0.2, 0) is 14.3 Å². The normalized spacial score (nSPS) is 11.9. The molecule has 2 rings (SSSR count). The van der Waals surface area contributed by atoms with Crippen LogP contribution in [0.2, 0.25) is 0 Å². The van der Waals surface area contributed by atoms with Gasteiger partial charge in [0.25, 0.3) is 0 Å². The number of carboxylic acid groups (broad SMARTS) is 1. The zero-order chi connectivity index (χ0) is 17.4. The summed E-state index contributed by atoms with van der Waals surface area (Å²) >= 11 is 0. The molecule has 126 valence electrons. The fraction of sp³-hybridized carbons (Fsp3) is 0.263. The van der Waals surface area contributed by atoms with Crippen LogP contribution in [0.15, 0.2) is 60.7 Å². The Labute approximate surface area is 141 Å². The number of carboxylic acids is 1. The van der Waals surface area contributed by atoms with Gasteiger partial charge in [0.15, 0.2) is 6.10 Å². The van der Waals surface area contributed by atoms with E-state index in [0.717, 1.165) is 11.1 Å². The highest BCUT2D eigenvalue weighted by Crippen LogP contribution is 2.26.